The first kappa shape index (κ1) is 24.1. The van der Waals surface area contributed by atoms with E-state index in [-0.39, 0.29) is 16.7 Å². The van der Waals surface area contributed by atoms with Crippen LogP contribution in [0.1, 0.15) is 49.9 Å². The topological polar surface area (TPSA) is 83.0 Å². The van der Waals surface area contributed by atoms with Gasteiger partial charge in [-0.05, 0) is 35.1 Å². The molecule has 1 aromatic carbocycles. The molecule has 180 valence electrons. The van der Waals surface area contributed by atoms with E-state index in [4.69, 9.17) is 4.74 Å². The summed E-state index contributed by atoms with van der Waals surface area (Å²) in [7, 11) is 0. The van der Waals surface area contributed by atoms with Gasteiger partial charge in [-0.15, -0.1) is 0 Å². The van der Waals surface area contributed by atoms with E-state index in [1.807, 2.05) is 24.3 Å². The third-order valence-corrected chi connectivity index (χ3v) is 6.56. The van der Waals surface area contributed by atoms with Gasteiger partial charge in [-0.1, -0.05) is 45.0 Å². The van der Waals surface area contributed by atoms with Gasteiger partial charge in [-0.3, -0.25) is 19.5 Å². The number of hydrogen-bond acceptors (Lipinski definition) is 6. The SMILES string of the molecule is CC(C)(C)c1ccc([C@@H]2/C(=C(\O)c3ccncc3)C(=O)C(=O)N2CCCN2CCOCC2)cc1. The normalized spacial score (nSPS) is 21.3. The molecule has 0 spiro atoms. The molecule has 34 heavy (non-hydrogen) atoms. The molecule has 0 aliphatic carbocycles. The maximum atomic E-state index is 13.2. The van der Waals surface area contributed by atoms with Gasteiger partial charge in [-0.2, -0.15) is 0 Å². The number of amides is 1. The average molecular weight is 464 g/mol. The van der Waals surface area contributed by atoms with Crippen molar-refractivity contribution in [2.45, 2.75) is 38.6 Å². The van der Waals surface area contributed by atoms with Crippen LogP contribution in [0, 0.1) is 0 Å². The van der Waals surface area contributed by atoms with Crippen molar-refractivity contribution in [3.63, 3.8) is 0 Å². The molecular formula is C27H33N3O4. The number of aromatic nitrogens is 1. The molecule has 1 amide bonds. The van der Waals surface area contributed by atoms with Crippen LogP contribution in [-0.2, 0) is 19.7 Å². The van der Waals surface area contributed by atoms with Gasteiger partial charge in [0.15, 0.2) is 0 Å². The molecule has 2 aromatic rings. The Morgan fingerprint density at radius 2 is 1.68 bits per heavy atom. The molecule has 0 saturated carbocycles. The number of morpholine rings is 1. The lowest BCUT2D eigenvalue weighted by atomic mass is 9.85. The van der Waals surface area contributed by atoms with Crippen molar-refractivity contribution in [2.24, 2.45) is 0 Å². The molecule has 2 aliphatic rings. The predicted molar refractivity (Wildman–Crippen MR) is 130 cm³/mol. The van der Waals surface area contributed by atoms with Crippen molar-refractivity contribution in [2.75, 3.05) is 39.4 Å². The first-order chi connectivity index (χ1) is 16.3. The summed E-state index contributed by atoms with van der Waals surface area (Å²) >= 11 is 0. The van der Waals surface area contributed by atoms with Crippen LogP contribution in [0.25, 0.3) is 5.76 Å². The smallest absolute Gasteiger partial charge is 0.295 e. The van der Waals surface area contributed by atoms with Crippen LogP contribution in [0.4, 0.5) is 0 Å². The predicted octanol–water partition coefficient (Wildman–Crippen LogP) is 3.52. The summed E-state index contributed by atoms with van der Waals surface area (Å²) in [6.07, 6.45) is 3.85. The molecule has 1 atom stereocenters. The summed E-state index contributed by atoms with van der Waals surface area (Å²) in [6, 6.07) is 10.7. The molecule has 2 fully saturated rings. The second-order valence-corrected chi connectivity index (χ2v) is 9.91. The Hall–Kier alpha value is -3.03. The number of ether oxygens (including phenoxy) is 1. The number of aliphatic hydroxyl groups is 1. The summed E-state index contributed by atoms with van der Waals surface area (Å²) in [5, 5.41) is 11.1. The minimum Gasteiger partial charge on any atom is -0.507 e. The van der Waals surface area contributed by atoms with Gasteiger partial charge in [0.2, 0.25) is 0 Å². The quantitative estimate of drug-likeness (QED) is 0.401. The summed E-state index contributed by atoms with van der Waals surface area (Å²) in [4.78, 5) is 34.2. The van der Waals surface area contributed by atoms with Crippen LogP contribution in [-0.4, -0.2) is 71.0 Å². The van der Waals surface area contributed by atoms with E-state index in [9.17, 15) is 14.7 Å². The summed E-state index contributed by atoms with van der Waals surface area (Å²) in [5.41, 5.74) is 2.56. The Balaban J connectivity index is 1.67. The Bertz CT molecular complexity index is 1050. The van der Waals surface area contributed by atoms with Crippen LogP contribution >= 0.6 is 0 Å². The number of rotatable bonds is 6. The van der Waals surface area contributed by atoms with E-state index in [0.29, 0.717) is 12.1 Å². The van der Waals surface area contributed by atoms with Gasteiger partial charge in [0, 0.05) is 44.1 Å². The van der Waals surface area contributed by atoms with E-state index >= 15 is 0 Å². The maximum Gasteiger partial charge on any atom is 0.295 e. The molecule has 0 bridgehead atoms. The summed E-state index contributed by atoms with van der Waals surface area (Å²) in [5.74, 6) is -1.38. The third-order valence-electron chi connectivity index (χ3n) is 6.56. The van der Waals surface area contributed by atoms with Crippen LogP contribution in [0.15, 0.2) is 54.4 Å². The fourth-order valence-electron chi connectivity index (χ4n) is 4.58. The van der Waals surface area contributed by atoms with Gasteiger partial charge in [0.1, 0.15) is 5.76 Å². The van der Waals surface area contributed by atoms with Crippen molar-refractivity contribution in [1.82, 2.24) is 14.8 Å². The van der Waals surface area contributed by atoms with Crippen molar-refractivity contribution in [1.29, 1.82) is 0 Å². The van der Waals surface area contributed by atoms with Crippen LogP contribution in [0.5, 0.6) is 0 Å². The van der Waals surface area contributed by atoms with Crippen molar-refractivity contribution >= 4 is 17.4 Å². The number of hydrogen-bond donors (Lipinski definition) is 1. The highest BCUT2D eigenvalue weighted by molar-refractivity contribution is 6.46. The van der Waals surface area contributed by atoms with E-state index in [1.165, 1.54) is 0 Å². The van der Waals surface area contributed by atoms with Crippen LogP contribution in [0.2, 0.25) is 0 Å². The third kappa shape index (κ3) is 5.05. The number of nitrogens with zero attached hydrogens (tertiary/aromatic N) is 3. The Morgan fingerprint density at radius 1 is 1.03 bits per heavy atom. The fraction of sp³-hybridized carbons (Fsp3) is 0.444. The number of benzene rings is 1. The van der Waals surface area contributed by atoms with Gasteiger partial charge in [-0.25, -0.2) is 0 Å². The zero-order chi connectivity index (χ0) is 24.3. The van der Waals surface area contributed by atoms with E-state index in [0.717, 1.165) is 50.4 Å². The largest absolute Gasteiger partial charge is 0.507 e. The second-order valence-electron chi connectivity index (χ2n) is 9.91. The number of likely N-dealkylation sites (tertiary alicyclic amines) is 1. The summed E-state index contributed by atoms with van der Waals surface area (Å²) in [6.45, 7) is 10.9. The number of carbonyl (C=O) groups excluding carboxylic acids is 2. The van der Waals surface area contributed by atoms with Gasteiger partial charge < -0.3 is 14.7 Å². The maximum absolute atomic E-state index is 13.2. The molecule has 2 aliphatic heterocycles. The first-order valence-corrected chi connectivity index (χ1v) is 11.9. The molecular weight excluding hydrogens is 430 g/mol. The lowest BCUT2D eigenvalue weighted by molar-refractivity contribution is -0.140. The highest BCUT2D eigenvalue weighted by atomic mass is 16.5. The number of aliphatic hydroxyl groups excluding tert-OH is 1. The molecule has 2 saturated heterocycles. The highest BCUT2D eigenvalue weighted by Crippen LogP contribution is 2.40. The highest BCUT2D eigenvalue weighted by Gasteiger charge is 2.45. The monoisotopic (exact) mass is 463 g/mol. The van der Waals surface area contributed by atoms with Crippen molar-refractivity contribution in [3.8, 4) is 0 Å². The van der Waals surface area contributed by atoms with Crippen molar-refractivity contribution < 1.29 is 19.4 Å². The Morgan fingerprint density at radius 3 is 2.29 bits per heavy atom. The zero-order valence-corrected chi connectivity index (χ0v) is 20.2. The lowest BCUT2D eigenvalue weighted by Crippen LogP contribution is -2.39. The molecule has 1 aromatic heterocycles. The standard InChI is InChI=1S/C27H33N3O4/c1-27(2,3)21-7-5-19(6-8-21)23-22(24(31)20-9-11-28-12-10-20)25(32)26(33)30(23)14-4-13-29-15-17-34-18-16-29/h5-12,23,31H,4,13-18H2,1-3H3/b24-22+/t23-/m1/s1. The lowest BCUT2D eigenvalue weighted by Gasteiger charge is -2.29. The molecule has 3 heterocycles. The molecule has 7 nitrogen and oxygen atoms in total. The Kier molecular flexibility index (Phi) is 7.14. The van der Waals surface area contributed by atoms with Gasteiger partial charge in [0.05, 0.1) is 24.8 Å². The van der Waals surface area contributed by atoms with Crippen LogP contribution < -0.4 is 0 Å². The fourth-order valence-corrected chi connectivity index (χ4v) is 4.58. The van der Waals surface area contributed by atoms with E-state index in [1.54, 1.807) is 29.4 Å². The van der Waals surface area contributed by atoms with Gasteiger partial charge in [0.25, 0.3) is 11.7 Å². The van der Waals surface area contributed by atoms with E-state index in [2.05, 4.69) is 30.7 Å². The number of pyridine rings is 1. The van der Waals surface area contributed by atoms with Crippen molar-refractivity contribution in [3.05, 3.63) is 71.1 Å². The molecule has 7 heteroatoms. The molecule has 0 unspecified atom stereocenters. The first-order valence-electron chi connectivity index (χ1n) is 11.9. The number of carbonyl (C=O) groups is 2. The summed E-state index contributed by atoms with van der Waals surface area (Å²) < 4.78 is 5.41. The molecule has 0 radical (unpaired) electrons. The molecule has 4 rings (SSSR count). The average Bonchev–Trinajstić information content (AvgIpc) is 3.09. The van der Waals surface area contributed by atoms with Crippen LogP contribution in [0.3, 0.4) is 0 Å². The van der Waals surface area contributed by atoms with Gasteiger partial charge >= 0.3 is 0 Å². The zero-order valence-electron chi connectivity index (χ0n) is 20.2. The minimum atomic E-state index is -0.648. The minimum absolute atomic E-state index is 0.0183. The number of ketones is 1. The second kappa shape index (κ2) is 10.1. The molecule has 1 N–H and O–H groups in total. The Labute approximate surface area is 201 Å². The van der Waals surface area contributed by atoms with E-state index < -0.39 is 17.7 Å². The number of Topliss-reactive ketones (excluding diaryl/α,β-unsaturated/α-hetero) is 1.